The number of fused-ring (bicyclic) bond motifs is 1. The molecule has 0 aliphatic carbocycles. The second kappa shape index (κ2) is 10.7. The zero-order chi connectivity index (χ0) is 26.8. The zero-order valence-corrected chi connectivity index (χ0v) is 22.1. The molecule has 5 rings (SSSR count). The van der Waals surface area contributed by atoms with Crippen LogP contribution in [0.15, 0.2) is 88.2 Å². The van der Waals surface area contributed by atoms with E-state index in [0.29, 0.717) is 36.9 Å². The van der Waals surface area contributed by atoms with Crippen LogP contribution in [0.3, 0.4) is 0 Å². The molecule has 0 radical (unpaired) electrons. The van der Waals surface area contributed by atoms with Gasteiger partial charge in [-0.1, -0.05) is 65.4 Å². The van der Waals surface area contributed by atoms with Crippen molar-refractivity contribution in [1.29, 1.82) is 0 Å². The number of phenolic OH excluding ortho intramolecular Hbond substituents is 1. The minimum atomic E-state index is -0.804. The molecule has 0 unspecified atom stereocenters. The number of esters is 1. The molecule has 9 heteroatoms. The van der Waals surface area contributed by atoms with Gasteiger partial charge in [-0.3, -0.25) is 9.36 Å². The average molecular weight is 547 g/mol. The van der Waals surface area contributed by atoms with Crippen LogP contribution in [0.2, 0.25) is 5.02 Å². The largest absolute Gasteiger partial charge is 0.507 e. The maximum Gasteiger partial charge on any atom is 0.338 e. The predicted octanol–water partition coefficient (Wildman–Crippen LogP) is 4.30. The number of nitrogens with zero attached hydrogens (tertiary/aromatic N) is 2. The minimum absolute atomic E-state index is 0.0101. The molecule has 2 heterocycles. The molecule has 0 spiro atoms. The molecule has 7 nitrogen and oxygen atoms in total. The Kier molecular flexibility index (Phi) is 7.18. The van der Waals surface area contributed by atoms with Crippen LogP contribution in [0.25, 0.3) is 11.8 Å². The Morgan fingerprint density at radius 3 is 2.55 bits per heavy atom. The molecular formula is C29H23ClN2O5S. The van der Waals surface area contributed by atoms with Crippen molar-refractivity contribution >= 4 is 40.7 Å². The fourth-order valence-electron chi connectivity index (χ4n) is 4.32. The number of methoxy groups -OCH3 is 1. The highest BCUT2D eigenvalue weighted by atomic mass is 35.5. The number of phenols is 1. The van der Waals surface area contributed by atoms with E-state index >= 15 is 0 Å². The molecule has 38 heavy (non-hydrogen) atoms. The summed E-state index contributed by atoms with van der Waals surface area (Å²) in [5, 5.41) is 10.8. The Morgan fingerprint density at radius 2 is 1.87 bits per heavy atom. The van der Waals surface area contributed by atoms with E-state index in [1.165, 1.54) is 22.0 Å². The van der Waals surface area contributed by atoms with Crippen LogP contribution < -0.4 is 19.6 Å². The number of rotatable bonds is 6. The fraction of sp³-hybridized carbons (Fsp3) is 0.138. The molecule has 1 aliphatic rings. The summed E-state index contributed by atoms with van der Waals surface area (Å²) < 4.78 is 12.6. The van der Waals surface area contributed by atoms with Gasteiger partial charge in [-0.15, -0.1) is 0 Å². The van der Waals surface area contributed by atoms with Crippen molar-refractivity contribution in [2.24, 2.45) is 4.99 Å². The van der Waals surface area contributed by atoms with Crippen molar-refractivity contribution < 1.29 is 19.4 Å². The maximum atomic E-state index is 13.9. The number of hydrogen-bond donors (Lipinski definition) is 1. The Balaban J connectivity index is 1.83. The molecule has 1 atom stereocenters. The average Bonchev–Trinajstić information content (AvgIpc) is 3.25. The first-order chi connectivity index (χ1) is 18.4. The van der Waals surface area contributed by atoms with Gasteiger partial charge in [0, 0.05) is 16.1 Å². The number of hydrogen-bond acceptors (Lipinski definition) is 7. The third kappa shape index (κ3) is 4.76. The van der Waals surface area contributed by atoms with E-state index in [2.05, 4.69) is 0 Å². The van der Waals surface area contributed by atoms with Crippen LogP contribution in [0.5, 0.6) is 11.5 Å². The Bertz CT molecular complexity index is 1720. The van der Waals surface area contributed by atoms with Crippen molar-refractivity contribution in [3.63, 3.8) is 0 Å². The summed E-state index contributed by atoms with van der Waals surface area (Å²) in [7, 11) is 1.57. The molecule has 4 aromatic rings. The summed E-state index contributed by atoms with van der Waals surface area (Å²) in [4.78, 5) is 32.5. The van der Waals surface area contributed by atoms with Gasteiger partial charge in [0.1, 0.15) is 11.5 Å². The number of aromatic nitrogens is 1. The molecule has 0 saturated heterocycles. The molecule has 1 aliphatic heterocycles. The van der Waals surface area contributed by atoms with E-state index < -0.39 is 12.0 Å². The molecular weight excluding hydrogens is 524 g/mol. The van der Waals surface area contributed by atoms with Crippen LogP contribution in [0.1, 0.15) is 29.7 Å². The summed E-state index contributed by atoms with van der Waals surface area (Å²) in [6.07, 6.45) is 1.58. The predicted molar refractivity (Wildman–Crippen MR) is 147 cm³/mol. The lowest BCUT2D eigenvalue weighted by Gasteiger charge is -2.26. The minimum Gasteiger partial charge on any atom is -0.507 e. The van der Waals surface area contributed by atoms with Crippen molar-refractivity contribution in [2.45, 2.75) is 13.0 Å². The van der Waals surface area contributed by atoms with E-state index in [1.807, 2.05) is 42.5 Å². The SMILES string of the molecule is CCOC(=O)C1=C(c2ccccc2)N=c2s/c(=C\c3cc(Cl)ccc3O)c(=O)n2[C@H]1c1ccc(OC)cc1. The summed E-state index contributed by atoms with van der Waals surface area (Å²) in [5.74, 6) is 0.0735. The molecule has 192 valence electrons. The summed E-state index contributed by atoms with van der Waals surface area (Å²) in [6, 6.07) is 20.3. The first-order valence-corrected chi connectivity index (χ1v) is 13.0. The lowest BCUT2D eigenvalue weighted by molar-refractivity contribution is -0.138. The molecule has 0 bridgehead atoms. The van der Waals surface area contributed by atoms with Crippen molar-refractivity contribution in [2.75, 3.05) is 13.7 Å². The second-order valence-corrected chi connectivity index (χ2v) is 9.85. The van der Waals surface area contributed by atoms with Gasteiger partial charge >= 0.3 is 5.97 Å². The molecule has 0 saturated carbocycles. The van der Waals surface area contributed by atoms with Gasteiger partial charge in [0.25, 0.3) is 5.56 Å². The van der Waals surface area contributed by atoms with Gasteiger partial charge in [0.2, 0.25) is 0 Å². The van der Waals surface area contributed by atoms with Crippen molar-refractivity contribution in [3.8, 4) is 11.5 Å². The third-order valence-corrected chi connectivity index (χ3v) is 7.30. The number of thiazole rings is 1. The summed E-state index contributed by atoms with van der Waals surface area (Å²) >= 11 is 7.29. The van der Waals surface area contributed by atoms with Crippen LogP contribution in [-0.2, 0) is 9.53 Å². The fourth-order valence-corrected chi connectivity index (χ4v) is 5.50. The molecule has 3 aromatic carbocycles. The first-order valence-electron chi connectivity index (χ1n) is 11.8. The Labute approximate surface area is 227 Å². The number of halogens is 1. The second-order valence-electron chi connectivity index (χ2n) is 8.41. The summed E-state index contributed by atoms with van der Waals surface area (Å²) in [6.45, 7) is 1.90. The first kappa shape index (κ1) is 25.5. The van der Waals surface area contributed by atoms with Crippen molar-refractivity contribution in [3.05, 3.63) is 120 Å². The van der Waals surface area contributed by atoms with Gasteiger partial charge in [-0.05, 0) is 48.9 Å². The van der Waals surface area contributed by atoms with Gasteiger partial charge in [0.15, 0.2) is 4.80 Å². The van der Waals surface area contributed by atoms with Crippen LogP contribution in [0, 0.1) is 0 Å². The molecule has 0 fully saturated rings. The zero-order valence-electron chi connectivity index (χ0n) is 20.6. The maximum absolute atomic E-state index is 13.9. The molecule has 1 N–H and O–H groups in total. The van der Waals surface area contributed by atoms with E-state index in [4.69, 9.17) is 26.1 Å². The quantitative estimate of drug-likeness (QED) is 0.364. The number of carbonyl (C=O) groups excluding carboxylic acids is 1. The molecule has 1 aromatic heterocycles. The van der Waals surface area contributed by atoms with Crippen LogP contribution in [0.4, 0.5) is 0 Å². The van der Waals surface area contributed by atoms with Crippen molar-refractivity contribution in [1.82, 2.24) is 4.57 Å². The monoisotopic (exact) mass is 546 g/mol. The highest BCUT2D eigenvalue weighted by Gasteiger charge is 2.35. The Hall–Kier alpha value is -4.14. The topological polar surface area (TPSA) is 90.1 Å². The number of carbonyl (C=O) groups is 1. The lowest BCUT2D eigenvalue weighted by atomic mass is 9.93. The van der Waals surface area contributed by atoms with E-state index in [1.54, 1.807) is 44.4 Å². The van der Waals surface area contributed by atoms with Gasteiger partial charge < -0.3 is 14.6 Å². The van der Waals surface area contributed by atoms with Crippen LogP contribution in [-0.4, -0.2) is 29.4 Å². The molecule has 0 amide bonds. The van der Waals surface area contributed by atoms with Gasteiger partial charge in [-0.25, -0.2) is 9.79 Å². The summed E-state index contributed by atoms with van der Waals surface area (Å²) in [5.41, 5.74) is 2.14. The van der Waals surface area contributed by atoms with E-state index in [9.17, 15) is 14.7 Å². The normalized spacial score (nSPS) is 15.1. The van der Waals surface area contributed by atoms with Gasteiger partial charge in [0.05, 0.1) is 35.6 Å². The number of aromatic hydroxyl groups is 1. The van der Waals surface area contributed by atoms with E-state index in [0.717, 1.165) is 5.56 Å². The van der Waals surface area contributed by atoms with Crippen LogP contribution >= 0.6 is 22.9 Å². The standard InChI is InChI=1S/C29H23ClN2O5S/c1-3-37-28(35)24-25(17-7-5-4-6-8-17)31-29-32(26(24)18-9-12-21(36-2)13-10-18)27(34)23(38-29)16-19-15-20(30)11-14-22(19)33/h4-16,26,33H,3H2,1-2H3/b23-16-/t26-/m0/s1. The lowest BCUT2D eigenvalue weighted by Crippen LogP contribution is -2.40. The number of ether oxygens (including phenoxy) is 2. The smallest absolute Gasteiger partial charge is 0.338 e. The third-order valence-electron chi connectivity index (χ3n) is 6.08. The highest BCUT2D eigenvalue weighted by Crippen LogP contribution is 2.35. The van der Waals surface area contributed by atoms with Gasteiger partial charge in [-0.2, -0.15) is 0 Å². The van der Waals surface area contributed by atoms with E-state index in [-0.39, 0.29) is 23.5 Å². The Morgan fingerprint density at radius 1 is 1.13 bits per heavy atom. The number of benzene rings is 3. The highest BCUT2D eigenvalue weighted by molar-refractivity contribution is 7.07.